The molecule has 0 saturated heterocycles. The Morgan fingerprint density at radius 3 is 3.06 bits per heavy atom. The predicted octanol–water partition coefficient (Wildman–Crippen LogP) is 3.30. The lowest BCUT2D eigenvalue weighted by atomic mass is 9.66. The van der Waals surface area contributed by atoms with Crippen molar-refractivity contribution in [3.05, 3.63) is 35.1 Å². The minimum absolute atomic E-state index is 0.211. The van der Waals surface area contributed by atoms with Crippen LogP contribution in [0, 0.1) is 5.82 Å². The topological polar surface area (TPSA) is 26.3 Å². The summed E-state index contributed by atoms with van der Waals surface area (Å²) in [6, 6.07) is 5.19. The van der Waals surface area contributed by atoms with Crippen molar-refractivity contribution in [2.45, 2.75) is 44.1 Å². The lowest BCUT2D eigenvalue weighted by molar-refractivity contribution is -0.124. The molecule has 1 aliphatic heterocycles. The molecule has 3 rings (SSSR count). The molecule has 1 heterocycles. The average molecular weight is 248 g/mol. The van der Waals surface area contributed by atoms with Crippen LogP contribution in [0.1, 0.15) is 49.8 Å². The van der Waals surface area contributed by atoms with Crippen molar-refractivity contribution in [3.8, 4) is 0 Å². The number of benzene rings is 1. The van der Waals surface area contributed by atoms with E-state index in [1.165, 1.54) is 6.07 Å². The summed E-state index contributed by atoms with van der Waals surface area (Å²) < 4.78 is 19.7. The Morgan fingerprint density at radius 1 is 1.44 bits per heavy atom. The number of hydrogen-bond acceptors (Lipinski definition) is 2. The molecule has 1 saturated carbocycles. The van der Waals surface area contributed by atoms with Crippen LogP contribution in [0.4, 0.5) is 4.39 Å². The van der Waals surface area contributed by atoms with Crippen LogP contribution in [-0.2, 0) is 14.9 Å². The Hall–Kier alpha value is -1.22. The molecule has 2 unspecified atom stereocenters. The first-order valence-electron chi connectivity index (χ1n) is 6.55. The molecule has 18 heavy (non-hydrogen) atoms. The summed E-state index contributed by atoms with van der Waals surface area (Å²) in [6.45, 7) is 2.41. The van der Waals surface area contributed by atoms with Crippen LogP contribution >= 0.6 is 0 Å². The number of Topliss-reactive ketones (excluding diaryl/α,β-unsaturated/α-hetero) is 1. The Bertz CT molecular complexity index is 497. The molecule has 0 N–H and O–H groups in total. The van der Waals surface area contributed by atoms with Crippen LogP contribution in [0.5, 0.6) is 0 Å². The van der Waals surface area contributed by atoms with Gasteiger partial charge in [-0.25, -0.2) is 4.39 Å². The van der Waals surface area contributed by atoms with E-state index in [1.54, 1.807) is 6.07 Å². The van der Waals surface area contributed by atoms with E-state index >= 15 is 0 Å². The van der Waals surface area contributed by atoms with Crippen LogP contribution < -0.4 is 0 Å². The number of ether oxygens (including phenoxy) is 1. The second-order valence-corrected chi connectivity index (χ2v) is 5.50. The Morgan fingerprint density at radius 2 is 2.28 bits per heavy atom. The molecule has 0 aromatic heterocycles. The highest BCUT2D eigenvalue weighted by Crippen LogP contribution is 2.46. The maximum Gasteiger partial charge on any atom is 0.133 e. The Labute approximate surface area is 106 Å². The van der Waals surface area contributed by atoms with E-state index in [0.29, 0.717) is 25.0 Å². The quantitative estimate of drug-likeness (QED) is 0.704. The van der Waals surface area contributed by atoms with Crippen molar-refractivity contribution in [1.29, 1.82) is 0 Å². The highest BCUT2D eigenvalue weighted by atomic mass is 19.1. The van der Waals surface area contributed by atoms with Gasteiger partial charge in [0.25, 0.3) is 0 Å². The summed E-state index contributed by atoms with van der Waals surface area (Å²) >= 11 is 0. The number of carbonyl (C=O) groups excluding carboxylic acids is 1. The number of carbonyl (C=O) groups is 1. The number of ketones is 1. The number of halogens is 1. The number of rotatable bonds is 0. The maximum atomic E-state index is 14.0. The maximum absolute atomic E-state index is 14.0. The standard InChI is InChI=1S/C15H17FO2/c1-10-14-12(5-2-6-13(14)16)15(9-18-10)7-3-4-11(17)8-15/h2,5-6,10H,3-4,7-9H2,1H3. The van der Waals surface area contributed by atoms with Crippen molar-refractivity contribution >= 4 is 5.78 Å². The number of fused-ring (bicyclic) bond motifs is 2. The smallest absolute Gasteiger partial charge is 0.133 e. The fourth-order valence-corrected chi connectivity index (χ4v) is 3.39. The van der Waals surface area contributed by atoms with Crippen LogP contribution in [0.25, 0.3) is 0 Å². The third kappa shape index (κ3) is 1.69. The van der Waals surface area contributed by atoms with Gasteiger partial charge in [-0.05, 0) is 31.4 Å². The molecule has 1 aromatic rings. The zero-order valence-corrected chi connectivity index (χ0v) is 10.5. The molecule has 96 valence electrons. The zero-order chi connectivity index (χ0) is 12.8. The second kappa shape index (κ2) is 4.16. The van der Waals surface area contributed by atoms with Gasteiger partial charge in [-0.15, -0.1) is 0 Å². The van der Waals surface area contributed by atoms with Crippen LogP contribution in [0.15, 0.2) is 18.2 Å². The molecule has 1 aromatic carbocycles. The number of hydrogen-bond donors (Lipinski definition) is 0. The molecule has 0 bridgehead atoms. The predicted molar refractivity (Wildman–Crippen MR) is 65.9 cm³/mol. The Kier molecular flexibility index (Phi) is 2.74. The van der Waals surface area contributed by atoms with Crippen LogP contribution in [0.3, 0.4) is 0 Å². The lowest BCUT2D eigenvalue weighted by Gasteiger charge is -2.43. The third-order valence-corrected chi connectivity index (χ3v) is 4.29. The molecule has 2 nitrogen and oxygen atoms in total. The zero-order valence-electron chi connectivity index (χ0n) is 10.5. The molecular formula is C15H17FO2. The van der Waals surface area contributed by atoms with Gasteiger partial charge in [-0.2, -0.15) is 0 Å². The first-order valence-corrected chi connectivity index (χ1v) is 6.55. The third-order valence-electron chi connectivity index (χ3n) is 4.29. The molecule has 0 amide bonds. The summed E-state index contributed by atoms with van der Waals surface area (Å²) in [5.74, 6) is 0.0618. The molecule has 0 radical (unpaired) electrons. The fourth-order valence-electron chi connectivity index (χ4n) is 3.39. The summed E-state index contributed by atoms with van der Waals surface area (Å²) in [4.78, 5) is 11.8. The lowest BCUT2D eigenvalue weighted by Crippen LogP contribution is -2.42. The van der Waals surface area contributed by atoms with E-state index < -0.39 is 0 Å². The summed E-state index contributed by atoms with van der Waals surface area (Å²) in [6.07, 6.45) is 2.73. The molecular weight excluding hydrogens is 231 g/mol. The molecule has 2 aliphatic rings. The monoisotopic (exact) mass is 248 g/mol. The highest BCUT2D eigenvalue weighted by molar-refractivity contribution is 5.81. The van der Waals surface area contributed by atoms with Gasteiger partial charge in [-0.3, -0.25) is 4.79 Å². The van der Waals surface area contributed by atoms with E-state index in [1.807, 2.05) is 13.0 Å². The molecule has 1 spiro atoms. The minimum atomic E-state index is -0.278. The molecule has 1 aliphatic carbocycles. The summed E-state index contributed by atoms with van der Waals surface area (Å²) in [5, 5.41) is 0. The van der Waals surface area contributed by atoms with Gasteiger partial charge in [0.2, 0.25) is 0 Å². The fraction of sp³-hybridized carbons (Fsp3) is 0.533. The van der Waals surface area contributed by atoms with Crippen molar-refractivity contribution in [2.75, 3.05) is 6.61 Å². The van der Waals surface area contributed by atoms with Gasteiger partial charge in [0.05, 0.1) is 12.7 Å². The SMILES string of the molecule is CC1OCC2(CCCC(=O)C2)c2cccc(F)c21. The van der Waals surface area contributed by atoms with Crippen molar-refractivity contribution in [1.82, 2.24) is 0 Å². The summed E-state index contributed by atoms with van der Waals surface area (Å²) in [5.41, 5.74) is 1.37. The molecule has 1 fully saturated rings. The first kappa shape index (κ1) is 11.8. The van der Waals surface area contributed by atoms with Gasteiger partial charge in [0.1, 0.15) is 11.6 Å². The second-order valence-electron chi connectivity index (χ2n) is 5.50. The van der Waals surface area contributed by atoms with Gasteiger partial charge in [0, 0.05) is 23.8 Å². The van der Waals surface area contributed by atoms with E-state index in [2.05, 4.69) is 0 Å². The average Bonchev–Trinajstić information content (AvgIpc) is 2.35. The minimum Gasteiger partial charge on any atom is -0.373 e. The van der Waals surface area contributed by atoms with Crippen molar-refractivity contribution in [3.63, 3.8) is 0 Å². The van der Waals surface area contributed by atoms with Gasteiger partial charge < -0.3 is 4.74 Å². The van der Waals surface area contributed by atoms with E-state index in [9.17, 15) is 9.18 Å². The van der Waals surface area contributed by atoms with E-state index in [0.717, 1.165) is 18.4 Å². The van der Waals surface area contributed by atoms with Crippen LogP contribution in [-0.4, -0.2) is 12.4 Å². The molecule has 2 atom stereocenters. The summed E-state index contributed by atoms with van der Waals surface area (Å²) in [7, 11) is 0. The molecule has 3 heteroatoms. The van der Waals surface area contributed by atoms with Crippen molar-refractivity contribution in [2.24, 2.45) is 0 Å². The van der Waals surface area contributed by atoms with Gasteiger partial charge in [-0.1, -0.05) is 12.1 Å². The van der Waals surface area contributed by atoms with E-state index in [-0.39, 0.29) is 23.1 Å². The van der Waals surface area contributed by atoms with E-state index in [4.69, 9.17) is 4.74 Å². The largest absolute Gasteiger partial charge is 0.373 e. The van der Waals surface area contributed by atoms with Gasteiger partial charge >= 0.3 is 0 Å². The Balaban J connectivity index is 2.13. The highest BCUT2D eigenvalue weighted by Gasteiger charge is 2.43. The van der Waals surface area contributed by atoms with Crippen LogP contribution in [0.2, 0.25) is 0 Å². The normalized spacial score (nSPS) is 31.4. The van der Waals surface area contributed by atoms with Crippen molar-refractivity contribution < 1.29 is 13.9 Å². The van der Waals surface area contributed by atoms with Gasteiger partial charge in [0.15, 0.2) is 0 Å². The first-order chi connectivity index (χ1) is 8.62.